The van der Waals surface area contributed by atoms with Crippen molar-refractivity contribution in [3.8, 4) is 0 Å². The largest absolute Gasteiger partial charge is 0.356 e. The normalized spacial score (nSPS) is 37.5. The van der Waals surface area contributed by atoms with Gasteiger partial charge in [0.2, 0.25) is 0 Å². The number of hydrogen-bond donors (Lipinski definition) is 1. The molecule has 0 aromatic rings. The van der Waals surface area contributed by atoms with Gasteiger partial charge < -0.3 is 4.74 Å². The molecular weight excluding hydrogens is 126 g/mol. The van der Waals surface area contributed by atoms with E-state index in [9.17, 15) is 0 Å². The summed E-state index contributed by atoms with van der Waals surface area (Å²) in [5, 5.41) is 3.46. The van der Waals surface area contributed by atoms with Crippen molar-refractivity contribution in [3.63, 3.8) is 0 Å². The van der Waals surface area contributed by atoms with Gasteiger partial charge >= 0.3 is 0 Å². The predicted molar refractivity (Wildman–Crippen MR) is 39.7 cm³/mol. The van der Waals surface area contributed by atoms with Gasteiger partial charge in [0.05, 0.1) is 6.10 Å². The molecule has 1 N–H and O–H groups in total. The Hall–Kier alpha value is -0.0800. The predicted octanol–water partition coefficient (Wildman–Crippen LogP) is 1.27. The third kappa shape index (κ3) is 0.956. The highest BCUT2D eigenvalue weighted by Crippen LogP contribution is 2.34. The van der Waals surface area contributed by atoms with E-state index in [2.05, 4.69) is 12.2 Å². The van der Waals surface area contributed by atoms with Crippen LogP contribution in [-0.4, -0.2) is 18.4 Å². The monoisotopic (exact) mass is 141 g/mol. The molecule has 2 rings (SSSR count). The van der Waals surface area contributed by atoms with Gasteiger partial charge in [-0.05, 0) is 32.6 Å². The molecule has 1 saturated carbocycles. The average Bonchev–Trinajstić information content (AvgIpc) is 2.46. The Morgan fingerprint density at radius 3 is 2.60 bits per heavy atom. The summed E-state index contributed by atoms with van der Waals surface area (Å²) in [5.74, 6) is 0. The molecule has 1 spiro atoms. The zero-order valence-corrected chi connectivity index (χ0v) is 6.52. The van der Waals surface area contributed by atoms with E-state index in [1.165, 1.54) is 25.7 Å². The minimum Gasteiger partial charge on any atom is -0.356 e. The number of hydrogen-bond acceptors (Lipinski definition) is 2. The Bertz CT molecular complexity index is 129. The first-order valence-corrected chi connectivity index (χ1v) is 4.24. The Labute approximate surface area is 61.9 Å². The highest BCUT2D eigenvalue weighted by Gasteiger charge is 2.40. The van der Waals surface area contributed by atoms with Crippen LogP contribution in [0.15, 0.2) is 0 Å². The van der Waals surface area contributed by atoms with Crippen molar-refractivity contribution in [1.29, 1.82) is 0 Å². The molecule has 2 heteroatoms. The van der Waals surface area contributed by atoms with Crippen molar-refractivity contribution in [2.24, 2.45) is 0 Å². The molecule has 2 fully saturated rings. The van der Waals surface area contributed by atoms with E-state index in [0.29, 0.717) is 6.10 Å². The third-order valence-electron chi connectivity index (χ3n) is 2.55. The molecule has 58 valence electrons. The highest BCUT2D eigenvalue weighted by molar-refractivity contribution is 4.89. The summed E-state index contributed by atoms with van der Waals surface area (Å²) in [5.41, 5.74) is 0.111. The lowest BCUT2D eigenvalue weighted by atomic mass is 10.2. The van der Waals surface area contributed by atoms with Crippen molar-refractivity contribution in [1.82, 2.24) is 5.32 Å². The molecule has 0 radical (unpaired) electrons. The van der Waals surface area contributed by atoms with E-state index in [1.807, 2.05) is 0 Å². The molecular formula is C8H15NO. The van der Waals surface area contributed by atoms with Gasteiger partial charge in [-0.1, -0.05) is 0 Å². The van der Waals surface area contributed by atoms with E-state index in [1.54, 1.807) is 0 Å². The fraction of sp³-hybridized carbons (Fsp3) is 1.00. The zero-order valence-electron chi connectivity index (χ0n) is 6.52. The van der Waals surface area contributed by atoms with E-state index >= 15 is 0 Å². The van der Waals surface area contributed by atoms with Crippen LogP contribution in [-0.2, 0) is 4.74 Å². The lowest BCUT2D eigenvalue weighted by molar-refractivity contribution is -0.0382. The van der Waals surface area contributed by atoms with Crippen molar-refractivity contribution < 1.29 is 4.74 Å². The standard InChI is InChI=1S/C8H15NO/c1-7-6-9-8(10-7)4-2-3-5-8/h7,9H,2-6H2,1H3/t7-/m1/s1. The zero-order chi connectivity index (χ0) is 7.03. The Balaban J connectivity index is 2.03. The molecule has 0 amide bonds. The first kappa shape index (κ1) is 6.62. The summed E-state index contributed by atoms with van der Waals surface area (Å²) in [7, 11) is 0. The van der Waals surface area contributed by atoms with Gasteiger partial charge in [0.15, 0.2) is 0 Å². The molecule has 0 unspecified atom stereocenters. The first-order valence-electron chi connectivity index (χ1n) is 4.24. The smallest absolute Gasteiger partial charge is 0.119 e. The van der Waals surface area contributed by atoms with Crippen molar-refractivity contribution >= 4 is 0 Å². The second-order valence-electron chi connectivity index (χ2n) is 3.51. The Kier molecular flexibility index (Phi) is 1.46. The molecule has 1 atom stereocenters. The molecule has 2 aliphatic rings. The van der Waals surface area contributed by atoms with Crippen molar-refractivity contribution in [3.05, 3.63) is 0 Å². The maximum absolute atomic E-state index is 5.80. The van der Waals surface area contributed by atoms with Crippen LogP contribution in [0, 0.1) is 0 Å². The number of nitrogens with one attached hydrogen (secondary N) is 1. The van der Waals surface area contributed by atoms with Gasteiger partial charge in [-0.2, -0.15) is 0 Å². The minimum atomic E-state index is 0.111. The van der Waals surface area contributed by atoms with E-state index in [0.717, 1.165) is 6.54 Å². The molecule has 0 aromatic carbocycles. The van der Waals surface area contributed by atoms with Crippen LogP contribution < -0.4 is 5.32 Å². The van der Waals surface area contributed by atoms with Crippen molar-refractivity contribution in [2.75, 3.05) is 6.54 Å². The van der Waals surface area contributed by atoms with Gasteiger partial charge in [-0.25, -0.2) is 0 Å². The van der Waals surface area contributed by atoms with E-state index < -0.39 is 0 Å². The SMILES string of the molecule is C[C@@H]1CNC2(CCCC2)O1. The topological polar surface area (TPSA) is 21.3 Å². The molecule has 0 aromatic heterocycles. The summed E-state index contributed by atoms with van der Waals surface area (Å²) in [6.07, 6.45) is 5.53. The maximum atomic E-state index is 5.80. The molecule has 1 heterocycles. The number of rotatable bonds is 0. The van der Waals surface area contributed by atoms with Gasteiger partial charge in [0.25, 0.3) is 0 Å². The third-order valence-corrected chi connectivity index (χ3v) is 2.55. The van der Waals surface area contributed by atoms with Crippen LogP contribution in [0.4, 0.5) is 0 Å². The minimum absolute atomic E-state index is 0.111. The fourth-order valence-electron chi connectivity index (χ4n) is 2.04. The Morgan fingerprint density at radius 1 is 1.40 bits per heavy atom. The van der Waals surface area contributed by atoms with Gasteiger partial charge in [-0.15, -0.1) is 0 Å². The molecule has 1 saturated heterocycles. The molecule has 2 nitrogen and oxygen atoms in total. The lowest BCUT2D eigenvalue weighted by Gasteiger charge is -2.22. The summed E-state index contributed by atoms with van der Waals surface area (Å²) in [4.78, 5) is 0. The van der Waals surface area contributed by atoms with E-state index in [4.69, 9.17) is 4.74 Å². The van der Waals surface area contributed by atoms with Crippen LogP contribution in [0.1, 0.15) is 32.6 Å². The van der Waals surface area contributed by atoms with Gasteiger partial charge in [-0.3, -0.25) is 5.32 Å². The molecule has 1 aliphatic heterocycles. The summed E-state index contributed by atoms with van der Waals surface area (Å²) < 4.78 is 5.80. The second kappa shape index (κ2) is 2.21. The first-order chi connectivity index (χ1) is 4.81. The summed E-state index contributed by atoms with van der Waals surface area (Å²) in [6.45, 7) is 3.18. The van der Waals surface area contributed by atoms with Crippen LogP contribution >= 0.6 is 0 Å². The van der Waals surface area contributed by atoms with E-state index in [-0.39, 0.29) is 5.72 Å². The highest BCUT2D eigenvalue weighted by atomic mass is 16.5. The number of ether oxygens (including phenoxy) is 1. The average molecular weight is 141 g/mol. The van der Waals surface area contributed by atoms with Gasteiger partial charge in [0, 0.05) is 6.54 Å². The summed E-state index contributed by atoms with van der Waals surface area (Å²) >= 11 is 0. The fourth-order valence-corrected chi connectivity index (χ4v) is 2.04. The maximum Gasteiger partial charge on any atom is 0.119 e. The van der Waals surface area contributed by atoms with Crippen LogP contribution in [0.5, 0.6) is 0 Å². The second-order valence-corrected chi connectivity index (χ2v) is 3.51. The van der Waals surface area contributed by atoms with Gasteiger partial charge in [0.1, 0.15) is 5.72 Å². The van der Waals surface area contributed by atoms with Crippen LogP contribution in [0.25, 0.3) is 0 Å². The molecule has 10 heavy (non-hydrogen) atoms. The van der Waals surface area contributed by atoms with Crippen LogP contribution in [0.2, 0.25) is 0 Å². The van der Waals surface area contributed by atoms with Crippen LogP contribution in [0.3, 0.4) is 0 Å². The molecule has 1 aliphatic carbocycles. The lowest BCUT2D eigenvalue weighted by Crippen LogP contribution is -2.37. The van der Waals surface area contributed by atoms with Crippen molar-refractivity contribution in [2.45, 2.75) is 44.4 Å². The Morgan fingerprint density at radius 2 is 2.10 bits per heavy atom. The quantitative estimate of drug-likeness (QED) is 0.548. The molecule has 0 bridgehead atoms. The summed E-state index contributed by atoms with van der Waals surface area (Å²) in [6, 6.07) is 0.